The Morgan fingerprint density at radius 2 is 1.91 bits per heavy atom. The quantitative estimate of drug-likeness (QED) is 0.915. The van der Waals surface area contributed by atoms with Gasteiger partial charge in [0.15, 0.2) is 5.82 Å². The minimum Gasteiger partial charge on any atom is -0.339 e. The number of nitrogens with zero attached hydrogens (tertiary/aromatic N) is 2. The summed E-state index contributed by atoms with van der Waals surface area (Å²) in [5.74, 6) is 1.46. The summed E-state index contributed by atoms with van der Waals surface area (Å²) in [7, 11) is 0. The van der Waals surface area contributed by atoms with Gasteiger partial charge in [0.25, 0.3) is 0 Å². The SMILES string of the molecule is NC1(c2noc(C3(Cc4cccc(Cl)c4)CCCC3)n2)CCC1. The van der Waals surface area contributed by atoms with Gasteiger partial charge in [0.1, 0.15) is 0 Å². The van der Waals surface area contributed by atoms with Crippen molar-refractivity contribution >= 4 is 11.6 Å². The summed E-state index contributed by atoms with van der Waals surface area (Å²) in [6.45, 7) is 0. The van der Waals surface area contributed by atoms with Crippen molar-refractivity contribution in [3.63, 3.8) is 0 Å². The number of halogens is 1. The molecule has 122 valence electrons. The van der Waals surface area contributed by atoms with Crippen LogP contribution in [0.2, 0.25) is 5.02 Å². The first-order valence-corrected chi connectivity index (χ1v) is 8.86. The average Bonchev–Trinajstić information content (AvgIpc) is 3.14. The van der Waals surface area contributed by atoms with Crippen molar-refractivity contribution in [2.45, 2.75) is 62.3 Å². The summed E-state index contributed by atoms with van der Waals surface area (Å²) in [6.07, 6.45) is 8.51. The fourth-order valence-corrected chi connectivity index (χ4v) is 4.19. The largest absolute Gasteiger partial charge is 0.339 e. The molecular weight excluding hydrogens is 310 g/mol. The van der Waals surface area contributed by atoms with Crippen molar-refractivity contribution in [3.05, 3.63) is 46.6 Å². The lowest BCUT2D eigenvalue weighted by Crippen LogP contribution is -2.44. The second-order valence-electron chi connectivity index (χ2n) is 7.23. The van der Waals surface area contributed by atoms with Gasteiger partial charge in [-0.3, -0.25) is 0 Å². The van der Waals surface area contributed by atoms with E-state index in [-0.39, 0.29) is 11.0 Å². The number of rotatable bonds is 4. The van der Waals surface area contributed by atoms with Gasteiger partial charge in [0.2, 0.25) is 5.89 Å². The van der Waals surface area contributed by atoms with Gasteiger partial charge in [-0.2, -0.15) is 4.98 Å². The molecule has 0 aliphatic heterocycles. The predicted molar refractivity (Wildman–Crippen MR) is 89.3 cm³/mol. The van der Waals surface area contributed by atoms with E-state index < -0.39 is 0 Å². The number of aromatic nitrogens is 2. The fourth-order valence-electron chi connectivity index (χ4n) is 3.98. The van der Waals surface area contributed by atoms with Gasteiger partial charge in [-0.05, 0) is 56.2 Å². The molecule has 5 heteroatoms. The zero-order chi connectivity index (χ0) is 15.9. The Morgan fingerprint density at radius 1 is 1.13 bits per heavy atom. The highest BCUT2D eigenvalue weighted by molar-refractivity contribution is 6.30. The van der Waals surface area contributed by atoms with E-state index in [1.165, 1.54) is 18.4 Å². The average molecular weight is 332 g/mol. The first kappa shape index (κ1) is 15.2. The molecular formula is C18H22ClN3O. The molecule has 4 nitrogen and oxygen atoms in total. The van der Waals surface area contributed by atoms with Crippen LogP contribution < -0.4 is 5.73 Å². The Bertz CT molecular complexity index is 702. The van der Waals surface area contributed by atoms with Crippen molar-refractivity contribution in [2.24, 2.45) is 5.73 Å². The second kappa shape index (κ2) is 5.60. The number of nitrogens with two attached hydrogens (primary N) is 1. The smallest absolute Gasteiger partial charge is 0.233 e. The van der Waals surface area contributed by atoms with E-state index in [9.17, 15) is 0 Å². The minimum absolute atomic E-state index is 0.0595. The topological polar surface area (TPSA) is 64.9 Å². The van der Waals surface area contributed by atoms with Gasteiger partial charge in [-0.1, -0.05) is 41.7 Å². The maximum atomic E-state index is 6.35. The van der Waals surface area contributed by atoms with Crippen LogP contribution in [0.25, 0.3) is 0 Å². The highest BCUT2D eigenvalue weighted by Crippen LogP contribution is 2.44. The highest BCUT2D eigenvalue weighted by Gasteiger charge is 2.44. The van der Waals surface area contributed by atoms with Gasteiger partial charge in [-0.15, -0.1) is 0 Å². The first-order valence-electron chi connectivity index (χ1n) is 8.48. The van der Waals surface area contributed by atoms with Gasteiger partial charge >= 0.3 is 0 Å². The molecule has 1 aromatic carbocycles. The molecule has 0 unspecified atom stereocenters. The van der Waals surface area contributed by atoms with Crippen LogP contribution in [0.5, 0.6) is 0 Å². The summed E-state index contributed by atoms with van der Waals surface area (Å²) >= 11 is 6.14. The molecule has 2 N–H and O–H groups in total. The van der Waals surface area contributed by atoms with Crippen LogP contribution in [0.4, 0.5) is 0 Å². The molecule has 0 atom stereocenters. The first-order chi connectivity index (χ1) is 11.1. The molecule has 2 aliphatic rings. The number of hydrogen-bond donors (Lipinski definition) is 1. The summed E-state index contributed by atoms with van der Waals surface area (Å²) < 4.78 is 5.70. The van der Waals surface area contributed by atoms with Crippen molar-refractivity contribution in [2.75, 3.05) is 0 Å². The molecule has 2 fully saturated rings. The Hall–Kier alpha value is -1.39. The van der Waals surface area contributed by atoms with Crippen molar-refractivity contribution in [1.82, 2.24) is 10.1 Å². The maximum Gasteiger partial charge on any atom is 0.233 e. The molecule has 23 heavy (non-hydrogen) atoms. The van der Waals surface area contributed by atoms with E-state index in [4.69, 9.17) is 26.8 Å². The molecule has 0 bridgehead atoms. The van der Waals surface area contributed by atoms with Gasteiger partial charge < -0.3 is 10.3 Å². The van der Waals surface area contributed by atoms with E-state index in [1.54, 1.807) is 0 Å². The van der Waals surface area contributed by atoms with E-state index in [0.29, 0.717) is 5.82 Å². The van der Waals surface area contributed by atoms with Crippen molar-refractivity contribution in [3.8, 4) is 0 Å². The molecule has 0 saturated heterocycles. The Balaban J connectivity index is 1.65. The zero-order valence-electron chi connectivity index (χ0n) is 13.2. The van der Waals surface area contributed by atoms with Crippen LogP contribution in [0.3, 0.4) is 0 Å². The second-order valence-corrected chi connectivity index (χ2v) is 7.66. The lowest BCUT2D eigenvalue weighted by molar-refractivity contribution is 0.226. The zero-order valence-corrected chi connectivity index (χ0v) is 14.0. The molecule has 0 spiro atoms. The molecule has 4 rings (SSSR count). The van der Waals surface area contributed by atoms with E-state index in [2.05, 4.69) is 11.2 Å². The van der Waals surface area contributed by atoms with Crippen LogP contribution in [0.1, 0.15) is 62.2 Å². The molecule has 0 amide bonds. The lowest BCUT2D eigenvalue weighted by Gasteiger charge is -2.34. The summed E-state index contributed by atoms with van der Waals surface area (Å²) in [5, 5.41) is 5.00. The third kappa shape index (κ3) is 2.68. The normalized spacial score (nSPS) is 22.0. The molecule has 0 radical (unpaired) electrons. The third-order valence-electron chi connectivity index (χ3n) is 5.56. The standard InChI is InChI=1S/C18H22ClN3O/c19-14-6-3-5-13(11-14)12-17(7-1-2-8-17)16-21-15(22-23-16)18(20)9-4-10-18/h3,5-6,11H,1-2,4,7-10,12,20H2. The maximum absolute atomic E-state index is 6.35. The van der Waals surface area contributed by atoms with Crippen LogP contribution >= 0.6 is 11.6 Å². The lowest BCUT2D eigenvalue weighted by atomic mass is 9.77. The van der Waals surface area contributed by atoms with E-state index in [1.807, 2.05) is 18.2 Å². The number of benzene rings is 1. The van der Waals surface area contributed by atoms with E-state index in [0.717, 1.165) is 49.4 Å². The third-order valence-corrected chi connectivity index (χ3v) is 5.80. The monoisotopic (exact) mass is 331 g/mol. The highest BCUT2D eigenvalue weighted by atomic mass is 35.5. The molecule has 2 aliphatic carbocycles. The van der Waals surface area contributed by atoms with Gasteiger partial charge in [0.05, 0.1) is 11.0 Å². The van der Waals surface area contributed by atoms with Crippen LogP contribution in [0.15, 0.2) is 28.8 Å². The Labute approximate surface area is 141 Å². The summed E-state index contributed by atoms with van der Waals surface area (Å²) in [4.78, 5) is 4.74. The fraction of sp³-hybridized carbons (Fsp3) is 0.556. The van der Waals surface area contributed by atoms with E-state index >= 15 is 0 Å². The van der Waals surface area contributed by atoms with Gasteiger partial charge in [0, 0.05) is 5.02 Å². The van der Waals surface area contributed by atoms with Crippen molar-refractivity contribution in [1.29, 1.82) is 0 Å². The summed E-state index contributed by atoms with van der Waals surface area (Å²) in [5.41, 5.74) is 7.15. The number of hydrogen-bond acceptors (Lipinski definition) is 4. The van der Waals surface area contributed by atoms with Crippen molar-refractivity contribution < 1.29 is 4.52 Å². The molecule has 1 aromatic heterocycles. The van der Waals surface area contributed by atoms with Crippen LogP contribution in [0, 0.1) is 0 Å². The summed E-state index contributed by atoms with van der Waals surface area (Å²) in [6, 6.07) is 8.07. The van der Waals surface area contributed by atoms with Crippen LogP contribution in [-0.2, 0) is 17.4 Å². The minimum atomic E-state index is -0.363. The molecule has 1 heterocycles. The van der Waals surface area contributed by atoms with Gasteiger partial charge in [-0.25, -0.2) is 0 Å². The molecule has 2 aromatic rings. The van der Waals surface area contributed by atoms with Crippen LogP contribution in [-0.4, -0.2) is 10.1 Å². The predicted octanol–water partition coefficient (Wildman–Crippen LogP) is 4.12. The Morgan fingerprint density at radius 3 is 2.57 bits per heavy atom. The molecule has 2 saturated carbocycles. The Kier molecular flexibility index (Phi) is 3.69.